The van der Waals surface area contributed by atoms with Gasteiger partial charge in [0.2, 0.25) is 5.69 Å². The van der Waals surface area contributed by atoms with E-state index in [9.17, 15) is 34.5 Å². The van der Waals surface area contributed by atoms with Gasteiger partial charge >= 0.3 is 29.6 Å². The number of fused-ring (bicyclic) bond motifs is 2. The zero-order valence-corrected chi connectivity index (χ0v) is 32.7. The van der Waals surface area contributed by atoms with E-state index in [0.717, 1.165) is 40.8 Å². The summed E-state index contributed by atoms with van der Waals surface area (Å²) >= 11 is 11.6. The summed E-state index contributed by atoms with van der Waals surface area (Å²) < 4.78 is 4.37. The maximum Gasteiger partial charge on any atom is 0.414 e. The first-order valence-corrected chi connectivity index (χ1v) is 18.5. The van der Waals surface area contributed by atoms with Crippen LogP contribution >= 0.6 is 23.2 Å². The maximum atomic E-state index is 11.8. The third-order valence-electron chi connectivity index (χ3n) is 9.20. The molecule has 0 spiro atoms. The molecule has 6 rings (SSSR count). The molecule has 4 N–H and O–H groups in total. The molecule has 2 unspecified atom stereocenters. The summed E-state index contributed by atoms with van der Waals surface area (Å²) in [6, 6.07) is 25.1. The number of aliphatic hydroxyl groups excluding tert-OH is 1. The Morgan fingerprint density at radius 3 is 1.91 bits per heavy atom. The van der Waals surface area contributed by atoms with Gasteiger partial charge in [0.15, 0.2) is 5.75 Å². The van der Waals surface area contributed by atoms with Crippen LogP contribution in [-0.4, -0.2) is 49.9 Å². The summed E-state index contributed by atoms with van der Waals surface area (Å²) in [4.78, 5) is 52.2. The topological polar surface area (TPSA) is 165 Å². The first kappa shape index (κ1) is 42.2. The van der Waals surface area contributed by atoms with Crippen LogP contribution in [0.25, 0.3) is 10.9 Å². The van der Waals surface area contributed by atoms with Gasteiger partial charge in [-0.2, -0.15) is 4.99 Å². The highest BCUT2D eigenvalue weighted by Gasteiger charge is 2.34. The third kappa shape index (κ3) is 10.8. The van der Waals surface area contributed by atoms with Crippen molar-refractivity contribution >= 4 is 69.4 Å². The van der Waals surface area contributed by atoms with Crippen LogP contribution in [0.2, 0.25) is 10.0 Å². The van der Waals surface area contributed by atoms with Crippen molar-refractivity contribution in [1.29, 1.82) is 0 Å². The predicted molar refractivity (Wildman–Crippen MR) is 213 cm³/mol. The van der Waals surface area contributed by atoms with Gasteiger partial charge in [-0.25, -0.2) is 9.78 Å². The summed E-state index contributed by atoms with van der Waals surface area (Å²) in [6.07, 6.45) is 2.33. The number of benzene rings is 4. The Labute approximate surface area is 329 Å². The molecule has 1 aliphatic heterocycles. The molecule has 4 aromatic carbocycles. The fourth-order valence-electron chi connectivity index (χ4n) is 5.90. The van der Waals surface area contributed by atoms with E-state index in [4.69, 9.17) is 23.2 Å². The monoisotopic (exact) mass is 785 g/mol. The molecule has 2 atom stereocenters. The third-order valence-corrected chi connectivity index (χ3v) is 9.70. The van der Waals surface area contributed by atoms with E-state index in [-0.39, 0.29) is 35.3 Å². The molecule has 0 fully saturated rings. The van der Waals surface area contributed by atoms with Crippen molar-refractivity contribution in [3.63, 3.8) is 0 Å². The normalized spacial score (nSPS) is 12.6. The fraction of sp³-hybridized carbons (Fsp3) is 0.256. The molecule has 2 heterocycles. The van der Waals surface area contributed by atoms with Crippen molar-refractivity contribution in [1.82, 2.24) is 4.98 Å². The number of ether oxygens (including phenoxy) is 1. The highest BCUT2D eigenvalue weighted by atomic mass is 35.5. The minimum atomic E-state index is -1.16. The number of aliphatic hydroxyl groups is 1. The second kappa shape index (κ2) is 19.1. The number of Topliss-reactive ketones (excluding diaryl/α,β-unsaturated/α-hetero) is 1. The molecule has 1 aromatic heterocycles. The molecule has 1 aliphatic rings. The molecule has 12 heteroatoms. The number of aromatic hydroxyl groups is 1. The zero-order chi connectivity index (χ0) is 40.4. The van der Waals surface area contributed by atoms with E-state index in [1.165, 1.54) is 6.92 Å². The summed E-state index contributed by atoms with van der Waals surface area (Å²) in [5.41, 5.74) is 5.99. The number of halogens is 2. The molecule has 0 bridgehead atoms. The quantitative estimate of drug-likeness (QED) is 0.0848. The van der Waals surface area contributed by atoms with E-state index in [1.807, 2.05) is 36.4 Å². The van der Waals surface area contributed by atoms with Gasteiger partial charge in [0.05, 0.1) is 17.6 Å². The SMILES string of the molecule is CC(=O)OC(=O)Cc1ccc(Cl)cc1.CCC(C)c1cccc2c(C(=O)O)c(O)c(Cc3ccc(Cl)cc3)nc12.CCC(C)c1cccc2c1[NH+]=C(O)C2=O. The summed E-state index contributed by atoms with van der Waals surface area (Å²) in [5.74, 6) is -2.54. The highest BCUT2D eigenvalue weighted by Crippen LogP contribution is 2.35. The van der Waals surface area contributed by atoms with E-state index in [2.05, 4.69) is 42.4 Å². The van der Waals surface area contributed by atoms with Crippen LogP contribution < -0.4 is 4.99 Å². The Hall–Kier alpha value is -5.58. The number of para-hydroxylation sites is 2. The number of rotatable bonds is 9. The number of carbonyl (C=O) groups is 4. The number of carboxylic acid groups (broad SMARTS) is 1. The van der Waals surface area contributed by atoms with Gasteiger partial charge in [-0.05, 0) is 71.7 Å². The number of esters is 2. The minimum absolute atomic E-state index is 0.0801. The van der Waals surface area contributed by atoms with Crippen molar-refractivity contribution in [3.8, 4) is 5.75 Å². The lowest BCUT2D eigenvalue weighted by molar-refractivity contribution is -0.360. The van der Waals surface area contributed by atoms with E-state index in [0.29, 0.717) is 44.5 Å². The number of nitrogens with zero attached hydrogens (tertiary/aromatic N) is 1. The van der Waals surface area contributed by atoms with Crippen LogP contribution in [0.1, 0.15) is 108 Å². The standard InChI is InChI=1S/C21H20ClNO3.C12H13NO2.C10H9ClO3/c1-3-12(2)15-5-4-6-16-18(21(25)26)20(24)17(23-19(15)16)11-13-7-9-14(22)10-8-13;1-3-7(2)8-5-4-6-9-10(8)13-12(15)11(9)14;1-7(12)14-10(13)6-8-2-4-9(11)5-3-8/h4-10,12,24H,3,11H2,1-2H3,(H,25,26);4-7H,3H2,1-2H3,(H,13,14,15);2-5H,6H2,1H3/p+1. The fourth-order valence-corrected chi connectivity index (χ4v) is 6.15. The van der Waals surface area contributed by atoms with Gasteiger partial charge in [-0.1, -0.05) is 105 Å². The van der Waals surface area contributed by atoms with Crippen molar-refractivity contribution in [2.24, 2.45) is 0 Å². The number of pyridine rings is 1. The zero-order valence-electron chi connectivity index (χ0n) is 31.2. The van der Waals surface area contributed by atoms with Crippen molar-refractivity contribution in [3.05, 3.63) is 134 Å². The smallest absolute Gasteiger partial charge is 0.414 e. The number of aromatic nitrogens is 1. The molecule has 0 aliphatic carbocycles. The molecular weight excluding hydrogens is 743 g/mol. The molecule has 286 valence electrons. The lowest BCUT2D eigenvalue weighted by atomic mass is 9.93. The van der Waals surface area contributed by atoms with Crippen LogP contribution in [0.3, 0.4) is 0 Å². The Morgan fingerprint density at radius 1 is 0.800 bits per heavy atom. The molecule has 0 saturated heterocycles. The van der Waals surface area contributed by atoms with Gasteiger partial charge in [0.25, 0.3) is 0 Å². The number of hydrogen-bond acceptors (Lipinski definition) is 7. The molecule has 0 amide bonds. The number of aromatic carboxylic acids is 1. The second-order valence-electron chi connectivity index (χ2n) is 13.1. The van der Waals surface area contributed by atoms with E-state index < -0.39 is 17.9 Å². The van der Waals surface area contributed by atoms with Gasteiger partial charge < -0.3 is 20.1 Å². The molecule has 0 radical (unpaired) electrons. The Morgan fingerprint density at radius 2 is 1.35 bits per heavy atom. The molecule has 10 nitrogen and oxygen atoms in total. The molecule has 0 saturated carbocycles. The highest BCUT2D eigenvalue weighted by molar-refractivity contribution is 6.42. The Balaban J connectivity index is 0.000000198. The second-order valence-corrected chi connectivity index (χ2v) is 14.0. The van der Waals surface area contributed by atoms with Crippen LogP contribution in [0, 0.1) is 0 Å². The number of hydrogen-bond donors (Lipinski definition) is 4. The molecule has 55 heavy (non-hydrogen) atoms. The summed E-state index contributed by atoms with van der Waals surface area (Å²) in [6.45, 7) is 9.57. The average Bonchev–Trinajstić information content (AvgIpc) is 3.45. The Kier molecular flexibility index (Phi) is 14.7. The van der Waals surface area contributed by atoms with E-state index in [1.54, 1.807) is 48.5 Å². The van der Waals surface area contributed by atoms with Crippen molar-refractivity contribution < 1.29 is 44.2 Å². The van der Waals surface area contributed by atoms with Gasteiger partial charge in [0.1, 0.15) is 11.1 Å². The van der Waals surface area contributed by atoms with Gasteiger partial charge in [-0.3, -0.25) is 14.4 Å². The summed E-state index contributed by atoms with van der Waals surface area (Å²) in [7, 11) is 0. The van der Waals surface area contributed by atoms with Crippen LogP contribution in [-0.2, 0) is 27.2 Å². The lowest BCUT2D eigenvalue weighted by Crippen LogP contribution is -2.65. The van der Waals surface area contributed by atoms with Gasteiger partial charge in [0, 0.05) is 34.3 Å². The van der Waals surface area contributed by atoms with Gasteiger partial charge in [-0.15, -0.1) is 0 Å². The largest absolute Gasteiger partial charge is 0.505 e. The molecule has 5 aromatic rings. The van der Waals surface area contributed by atoms with Crippen molar-refractivity contribution in [2.75, 3.05) is 0 Å². The maximum absolute atomic E-state index is 11.8. The number of carboxylic acids is 1. The van der Waals surface area contributed by atoms with Crippen LogP contribution in [0.5, 0.6) is 5.75 Å². The first-order valence-electron chi connectivity index (χ1n) is 17.7. The lowest BCUT2D eigenvalue weighted by Gasteiger charge is -2.16. The first-order chi connectivity index (χ1) is 26.1. The van der Waals surface area contributed by atoms with Crippen LogP contribution in [0.15, 0.2) is 84.9 Å². The van der Waals surface area contributed by atoms with E-state index >= 15 is 0 Å². The number of nitrogens with one attached hydrogen (secondary N) is 1. The molecular formula is C43H43Cl2N2O8+. The van der Waals surface area contributed by atoms with Crippen molar-refractivity contribution in [2.45, 2.75) is 72.1 Å². The van der Waals surface area contributed by atoms with Crippen LogP contribution in [0.4, 0.5) is 5.69 Å². The number of ketones is 1. The minimum Gasteiger partial charge on any atom is -0.505 e. The summed E-state index contributed by atoms with van der Waals surface area (Å²) in [5, 5.41) is 31.3. The Bertz CT molecular complexity index is 2240. The predicted octanol–water partition coefficient (Wildman–Crippen LogP) is 8.43. The average molecular weight is 787 g/mol. The number of carbonyl (C=O) groups excluding carboxylic acids is 3.